The van der Waals surface area contributed by atoms with Gasteiger partial charge in [-0.15, -0.1) is 0 Å². The number of likely N-dealkylation sites (N-methyl/N-ethyl adjacent to an activating group) is 1. The van der Waals surface area contributed by atoms with Gasteiger partial charge in [-0.2, -0.15) is 0 Å². The van der Waals surface area contributed by atoms with Crippen molar-refractivity contribution >= 4 is 5.69 Å². The average molecular weight is 279 g/mol. The van der Waals surface area contributed by atoms with Crippen molar-refractivity contribution < 1.29 is 4.74 Å². The van der Waals surface area contributed by atoms with Gasteiger partial charge >= 0.3 is 0 Å². The number of hydrogen-bond donors (Lipinski definition) is 1. The fraction of sp³-hybridized carbons (Fsp3) is 0.688. The Morgan fingerprint density at radius 1 is 1.30 bits per heavy atom. The molecule has 0 aliphatic rings. The molecule has 0 aliphatic carbocycles. The fourth-order valence-electron chi connectivity index (χ4n) is 2.09. The van der Waals surface area contributed by atoms with E-state index in [4.69, 9.17) is 4.74 Å². The molecule has 0 fully saturated rings. The van der Waals surface area contributed by atoms with Crippen LogP contribution in [0.3, 0.4) is 0 Å². The molecule has 1 aromatic heterocycles. The molecule has 1 N–H and O–H groups in total. The zero-order valence-corrected chi connectivity index (χ0v) is 13.5. The second kappa shape index (κ2) is 8.93. The first-order valence-electron chi connectivity index (χ1n) is 7.60. The molecule has 0 amide bonds. The molecule has 1 aromatic rings. The second-order valence-corrected chi connectivity index (χ2v) is 5.30. The van der Waals surface area contributed by atoms with E-state index in [-0.39, 0.29) is 6.10 Å². The van der Waals surface area contributed by atoms with Gasteiger partial charge in [0, 0.05) is 19.6 Å². The van der Waals surface area contributed by atoms with Crippen molar-refractivity contribution in [3.05, 3.63) is 24.0 Å². The predicted molar refractivity (Wildman–Crippen MR) is 85.3 cm³/mol. The van der Waals surface area contributed by atoms with Crippen LogP contribution in [0.5, 0.6) is 0 Å². The van der Waals surface area contributed by atoms with Gasteiger partial charge in [-0.25, -0.2) is 0 Å². The summed E-state index contributed by atoms with van der Waals surface area (Å²) in [5, 5.41) is 3.45. The van der Waals surface area contributed by atoms with Crippen molar-refractivity contribution in [2.75, 3.05) is 31.6 Å². The molecule has 1 rings (SSSR count). The Balaban J connectivity index is 2.56. The van der Waals surface area contributed by atoms with Crippen LogP contribution in [0, 0.1) is 0 Å². The molecule has 1 heterocycles. The molecule has 1 unspecified atom stereocenters. The maximum Gasteiger partial charge on any atom is 0.0644 e. The normalized spacial score (nSPS) is 12.7. The Hall–Kier alpha value is -1.13. The number of nitrogens with zero attached hydrogens (tertiary/aromatic N) is 2. The lowest BCUT2D eigenvalue weighted by molar-refractivity contribution is 0.0846. The van der Waals surface area contributed by atoms with Gasteiger partial charge in [0.05, 0.1) is 30.3 Å². The van der Waals surface area contributed by atoms with Crippen molar-refractivity contribution in [3.63, 3.8) is 0 Å². The average Bonchev–Trinajstić information content (AvgIpc) is 2.44. The van der Waals surface area contributed by atoms with Crippen molar-refractivity contribution in [2.24, 2.45) is 0 Å². The minimum Gasteiger partial charge on any atom is -0.377 e. The Morgan fingerprint density at radius 3 is 2.55 bits per heavy atom. The number of nitrogens with one attached hydrogen (secondary N) is 1. The van der Waals surface area contributed by atoms with Crippen molar-refractivity contribution in [1.29, 1.82) is 0 Å². The molecule has 0 aromatic carbocycles. The number of aromatic nitrogens is 1. The summed E-state index contributed by atoms with van der Waals surface area (Å²) >= 11 is 0. The van der Waals surface area contributed by atoms with Crippen LogP contribution in [-0.4, -0.2) is 37.8 Å². The molecule has 0 spiro atoms. The maximum atomic E-state index is 5.57. The van der Waals surface area contributed by atoms with Crippen LogP contribution in [0.2, 0.25) is 0 Å². The van der Waals surface area contributed by atoms with Gasteiger partial charge in [0.25, 0.3) is 0 Å². The number of hydrogen-bond acceptors (Lipinski definition) is 4. The van der Waals surface area contributed by atoms with Crippen molar-refractivity contribution in [3.8, 4) is 0 Å². The van der Waals surface area contributed by atoms with Gasteiger partial charge < -0.3 is 15.0 Å². The highest BCUT2D eigenvalue weighted by molar-refractivity contribution is 5.43. The van der Waals surface area contributed by atoms with Gasteiger partial charge in [-0.3, -0.25) is 4.98 Å². The SMILES string of the molecule is CCNC(CC)c1ccc(N(C)CCOC(C)C)cn1. The Labute approximate surface area is 123 Å². The third-order valence-corrected chi connectivity index (χ3v) is 3.31. The largest absolute Gasteiger partial charge is 0.377 e. The van der Waals surface area contributed by atoms with Crippen LogP contribution in [0.25, 0.3) is 0 Å². The fourth-order valence-corrected chi connectivity index (χ4v) is 2.09. The van der Waals surface area contributed by atoms with E-state index in [1.807, 2.05) is 6.20 Å². The van der Waals surface area contributed by atoms with Crippen LogP contribution in [0.4, 0.5) is 5.69 Å². The van der Waals surface area contributed by atoms with Gasteiger partial charge in [0.15, 0.2) is 0 Å². The Morgan fingerprint density at radius 2 is 2.05 bits per heavy atom. The minimum absolute atomic E-state index is 0.286. The molecule has 114 valence electrons. The highest BCUT2D eigenvalue weighted by Crippen LogP contribution is 2.17. The van der Waals surface area contributed by atoms with E-state index in [0.717, 1.165) is 37.5 Å². The Kier molecular flexibility index (Phi) is 7.55. The molecule has 4 nitrogen and oxygen atoms in total. The first-order valence-corrected chi connectivity index (χ1v) is 7.60. The molecule has 20 heavy (non-hydrogen) atoms. The van der Waals surface area contributed by atoms with Gasteiger partial charge in [0.1, 0.15) is 0 Å². The molecule has 0 aliphatic heterocycles. The summed E-state index contributed by atoms with van der Waals surface area (Å²) in [5.41, 5.74) is 2.25. The summed E-state index contributed by atoms with van der Waals surface area (Å²) in [7, 11) is 2.07. The molecule has 0 saturated heterocycles. The summed E-state index contributed by atoms with van der Waals surface area (Å²) < 4.78 is 5.57. The standard InChI is InChI=1S/C16H29N3O/c1-6-15(17-7-2)16-9-8-14(12-18-16)19(5)10-11-20-13(3)4/h8-9,12-13,15,17H,6-7,10-11H2,1-5H3. The topological polar surface area (TPSA) is 37.4 Å². The molecule has 0 saturated carbocycles. The van der Waals surface area contributed by atoms with Crippen LogP contribution < -0.4 is 10.2 Å². The highest BCUT2D eigenvalue weighted by Gasteiger charge is 2.09. The van der Waals surface area contributed by atoms with E-state index in [1.165, 1.54) is 0 Å². The van der Waals surface area contributed by atoms with Crippen LogP contribution >= 0.6 is 0 Å². The summed E-state index contributed by atoms with van der Waals surface area (Å²) in [5.74, 6) is 0. The second-order valence-electron chi connectivity index (χ2n) is 5.30. The van der Waals surface area contributed by atoms with E-state index < -0.39 is 0 Å². The monoisotopic (exact) mass is 279 g/mol. The molecule has 0 bridgehead atoms. The molecule has 0 radical (unpaired) electrons. The quantitative estimate of drug-likeness (QED) is 0.754. The van der Waals surface area contributed by atoms with E-state index in [9.17, 15) is 0 Å². The van der Waals surface area contributed by atoms with E-state index in [1.54, 1.807) is 0 Å². The molecule has 1 atom stereocenters. The molecular formula is C16H29N3O. The molecular weight excluding hydrogens is 250 g/mol. The van der Waals surface area contributed by atoms with Crippen LogP contribution in [-0.2, 0) is 4.74 Å². The summed E-state index contributed by atoms with van der Waals surface area (Å²) in [4.78, 5) is 6.76. The summed E-state index contributed by atoms with van der Waals surface area (Å²) in [6.45, 7) is 11.0. The number of rotatable bonds is 9. The molecule has 4 heteroatoms. The van der Waals surface area contributed by atoms with E-state index in [2.05, 4.69) is 62.1 Å². The predicted octanol–water partition coefficient (Wildman–Crippen LogP) is 3.00. The van der Waals surface area contributed by atoms with E-state index in [0.29, 0.717) is 6.04 Å². The smallest absolute Gasteiger partial charge is 0.0644 e. The lowest BCUT2D eigenvalue weighted by Gasteiger charge is -2.21. The number of pyridine rings is 1. The van der Waals surface area contributed by atoms with E-state index >= 15 is 0 Å². The van der Waals surface area contributed by atoms with Gasteiger partial charge in [-0.05, 0) is 38.9 Å². The number of ether oxygens (including phenoxy) is 1. The first-order chi connectivity index (χ1) is 9.58. The minimum atomic E-state index is 0.286. The zero-order chi connectivity index (χ0) is 15.0. The zero-order valence-electron chi connectivity index (χ0n) is 13.5. The third kappa shape index (κ3) is 5.47. The number of anilines is 1. The first kappa shape index (κ1) is 16.9. The third-order valence-electron chi connectivity index (χ3n) is 3.31. The lowest BCUT2D eigenvalue weighted by atomic mass is 10.1. The Bertz CT molecular complexity index is 364. The van der Waals surface area contributed by atoms with Crippen LogP contribution in [0.1, 0.15) is 45.9 Å². The maximum absolute atomic E-state index is 5.57. The highest BCUT2D eigenvalue weighted by atomic mass is 16.5. The van der Waals surface area contributed by atoms with Crippen molar-refractivity contribution in [1.82, 2.24) is 10.3 Å². The van der Waals surface area contributed by atoms with Gasteiger partial charge in [0.2, 0.25) is 0 Å². The lowest BCUT2D eigenvalue weighted by Crippen LogP contribution is -2.24. The summed E-state index contributed by atoms with van der Waals surface area (Å²) in [6, 6.07) is 4.60. The van der Waals surface area contributed by atoms with Crippen LogP contribution in [0.15, 0.2) is 18.3 Å². The summed E-state index contributed by atoms with van der Waals surface area (Å²) in [6.07, 6.45) is 3.29. The van der Waals surface area contributed by atoms with Gasteiger partial charge in [-0.1, -0.05) is 13.8 Å². The van der Waals surface area contributed by atoms with Crippen molar-refractivity contribution in [2.45, 2.75) is 46.3 Å².